The Hall–Kier alpha value is -2.37. The summed E-state index contributed by atoms with van der Waals surface area (Å²) in [5.74, 6) is -0.315. The van der Waals surface area contributed by atoms with Crippen molar-refractivity contribution in [1.82, 2.24) is 10.2 Å². The zero-order valence-electron chi connectivity index (χ0n) is 14.5. The fourth-order valence-corrected chi connectivity index (χ4v) is 3.34. The van der Waals surface area contributed by atoms with Crippen molar-refractivity contribution in [1.29, 1.82) is 0 Å². The Bertz CT molecular complexity index is 820. The lowest BCUT2D eigenvalue weighted by atomic mass is 10.0. The molecule has 0 bridgehead atoms. The van der Waals surface area contributed by atoms with E-state index < -0.39 is 6.10 Å². The minimum absolute atomic E-state index is 0.0718. The van der Waals surface area contributed by atoms with Gasteiger partial charge < -0.3 is 15.3 Å². The molecule has 1 fully saturated rings. The average molecular weight is 373 g/mol. The van der Waals surface area contributed by atoms with Gasteiger partial charge in [0.15, 0.2) is 0 Å². The van der Waals surface area contributed by atoms with E-state index in [1.54, 1.807) is 36.2 Å². The summed E-state index contributed by atoms with van der Waals surface area (Å²) in [6.45, 7) is 1.05. The first-order valence-corrected chi connectivity index (χ1v) is 8.97. The van der Waals surface area contributed by atoms with E-state index in [2.05, 4.69) is 5.32 Å². The second kappa shape index (κ2) is 7.89. The summed E-state index contributed by atoms with van der Waals surface area (Å²) in [5, 5.41) is 12.7. The number of nitrogens with one attached hydrogen (secondary N) is 1. The Morgan fingerprint density at radius 1 is 1.15 bits per heavy atom. The van der Waals surface area contributed by atoms with Crippen molar-refractivity contribution in [3.05, 3.63) is 58.6 Å². The van der Waals surface area contributed by atoms with Crippen molar-refractivity contribution in [3.63, 3.8) is 0 Å². The van der Waals surface area contributed by atoms with Crippen LogP contribution < -0.4 is 5.32 Å². The molecule has 0 unspecified atom stereocenters. The van der Waals surface area contributed by atoms with Crippen LogP contribution in [0.3, 0.4) is 0 Å². The number of benzene rings is 2. The third-order valence-corrected chi connectivity index (χ3v) is 4.92. The predicted molar refractivity (Wildman–Crippen MR) is 101 cm³/mol. The molecule has 0 radical (unpaired) electrons. The Morgan fingerprint density at radius 3 is 2.50 bits per heavy atom. The lowest BCUT2D eigenvalue weighted by Gasteiger charge is -2.30. The summed E-state index contributed by atoms with van der Waals surface area (Å²) in [4.78, 5) is 26.2. The Balaban J connectivity index is 1.81. The van der Waals surface area contributed by atoms with E-state index in [0.29, 0.717) is 29.2 Å². The molecule has 1 aliphatic rings. The average Bonchev–Trinajstić information content (AvgIpc) is 2.67. The number of amides is 2. The predicted octanol–water partition coefficient (Wildman–Crippen LogP) is 2.96. The maximum Gasteiger partial charge on any atom is 0.253 e. The molecule has 0 saturated carbocycles. The smallest absolute Gasteiger partial charge is 0.253 e. The van der Waals surface area contributed by atoms with Gasteiger partial charge in [0.1, 0.15) is 0 Å². The molecule has 1 heterocycles. The second-order valence-electron chi connectivity index (χ2n) is 6.40. The molecule has 136 valence electrons. The third kappa shape index (κ3) is 3.89. The van der Waals surface area contributed by atoms with Gasteiger partial charge in [-0.2, -0.15) is 0 Å². The van der Waals surface area contributed by atoms with Crippen LogP contribution in [0, 0.1) is 0 Å². The van der Waals surface area contributed by atoms with Gasteiger partial charge in [0.05, 0.1) is 16.7 Å². The zero-order valence-corrected chi connectivity index (χ0v) is 15.3. The molecule has 3 rings (SSSR count). The molecule has 1 atom stereocenters. The number of β-amino-alcohol motifs (C(OH)–C–C–N with tert-alkyl or cyclic N) is 1. The van der Waals surface area contributed by atoms with E-state index >= 15 is 0 Å². The van der Waals surface area contributed by atoms with Crippen LogP contribution in [0.5, 0.6) is 0 Å². The molecule has 0 aliphatic carbocycles. The van der Waals surface area contributed by atoms with E-state index in [-0.39, 0.29) is 11.8 Å². The molecule has 26 heavy (non-hydrogen) atoms. The van der Waals surface area contributed by atoms with Gasteiger partial charge in [-0.15, -0.1) is 0 Å². The number of hydrogen-bond acceptors (Lipinski definition) is 3. The molecule has 1 saturated heterocycles. The highest BCUT2D eigenvalue weighted by Crippen LogP contribution is 2.26. The summed E-state index contributed by atoms with van der Waals surface area (Å²) in [7, 11) is 1.56. The van der Waals surface area contributed by atoms with Crippen molar-refractivity contribution in [2.75, 3.05) is 20.1 Å². The third-order valence-electron chi connectivity index (χ3n) is 4.59. The van der Waals surface area contributed by atoms with Gasteiger partial charge in [-0.3, -0.25) is 9.59 Å². The number of carbonyl (C=O) groups is 2. The lowest BCUT2D eigenvalue weighted by Crippen LogP contribution is -2.42. The molecule has 0 spiro atoms. The van der Waals surface area contributed by atoms with E-state index in [4.69, 9.17) is 11.6 Å². The molecule has 2 aromatic rings. The highest BCUT2D eigenvalue weighted by atomic mass is 35.5. The van der Waals surface area contributed by atoms with Crippen molar-refractivity contribution >= 4 is 23.4 Å². The Morgan fingerprint density at radius 2 is 1.85 bits per heavy atom. The van der Waals surface area contributed by atoms with Crippen LogP contribution in [0.2, 0.25) is 5.02 Å². The van der Waals surface area contributed by atoms with Gasteiger partial charge in [-0.25, -0.2) is 0 Å². The largest absolute Gasteiger partial charge is 0.391 e. The topological polar surface area (TPSA) is 69.6 Å². The van der Waals surface area contributed by atoms with Gasteiger partial charge in [0, 0.05) is 25.7 Å². The van der Waals surface area contributed by atoms with E-state index in [1.165, 1.54) is 0 Å². The van der Waals surface area contributed by atoms with Crippen LogP contribution in [-0.4, -0.2) is 48.1 Å². The first-order valence-electron chi connectivity index (χ1n) is 8.59. The van der Waals surface area contributed by atoms with Gasteiger partial charge in [-0.1, -0.05) is 29.8 Å². The lowest BCUT2D eigenvalue weighted by molar-refractivity contribution is 0.0474. The molecular weight excluding hydrogens is 352 g/mol. The number of nitrogens with zero attached hydrogens (tertiary/aromatic N) is 1. The molecule has 1 aliphatic heterocycles. The fourth-order valence-electron chi connectivity index (χ4n) is 3.14. The number of hydrogen-bond donors (Lipinski definition) is 2. The van der Waals surface area contributed by atoms with Gasteiger partial charge >= 0.3 is 0 Å². The zero-order chi connectivity index (χ0) is 18.7. The van der Waals surface area contributed by atoms with Crippen LogP contribution in [0.4, 0.5) is 0 Å². The SMILES string of the molecule is CNC(=O)c1cc(-c2ccc(C(=O)N3CCC[C@H](O)C3)cc2)ccc1Cl. The van der Waals surface area contributed by atoms with Crippen LogP contribution in [0.1, 0.15) is 33.6 Å². The summed E-state index contributed by atoms with van der Waals surface area (Å²) in [5.41, 5.74) is 2.74. The summed E-state index contributed by atoms with van der Waals surface area (Å²) in [6, 6.07) is 12.5. The Labute approximate surface area is 157 Å². The number of likely N-dealkylation sites (tertiary alicyclic amines) is 1. The van der Waals surface area contributed by atoms with E-state index in [9.17, 15) is 14.7 Å². The number of rotatable bonds is 3. The number of carbonyl (C=O) groups excluding carboxylic acids is 2. The van der Waals surface area contributed by atoms with E-state index in [1.807, 2.05) is 18.2 Å². The minimum Gasteiger partial charge on any atom is -0.391 e. The van der Waals surface area contributed by atoms with Crippen molar-refractivity contribution < 1.29 is 14.7 Å². The van der Waals surface area contributed by atoms with Gasteiger partial charge in [0.2, 0.25) is 0 Å². The second-order valence-corrected chi connectivity index (χ2v) is 6.81. The first-order chi connectivity index (χ1) is 12.5. The van der Waals surface area contributed by atoms with Crippen molar-refractivity contribution in [2.45, 2.75) is 18.9 Å². The molecule has 2 amide bonds. The summed E-state index contributed by atoms with van der Waals surface area (Å²) < 4.78 is 0. The quantitative estimate of drug-likeness (QED) is 0.870. The van der Waals surface area contributed by atoms with Crippen LogP contribution in [-0.2, 0) is 0 Å². The number of aliphatic hydroxyl groups is 1. The maximum absolute atomic E-state index is 12.6. The monoisotopic (exact) mass is 372 g/mol. The first kappa shape index (κ1) is 18.4. The summed E-state index contributed by atoms with van der Waals surface area (Å²) >= 11 is 6.09. The van der Waals surface area contributed by atoms with Gasteiger partial charge in [-0.05, 0) is 48.2 Å². The number of halogens is 1. The highest BCUT2D eigenvalue weighted by Gasteiger charge is 2.23. The standard InChI is InChI=1S/C20H21ClN2O3/c1-22-19(25)17-11-15(8-9-18(17)21)13-4-6-14(7-5-13)20(26)23-10-2-3-16(24)12-23/h4-9,11,16,24H,2-3,10,12H2,1H3,(H,22,25)/t16-/m0/s1. The van der Waals surface area contributed by atoms with Gasteiger partial charge in [0.25, 0.3) is 11.8 Å². The molecule has 2 aromatic carbocycles. The summed E-state index contributed by atoms with van der Waals surface area (Å²) in [6.07, 6.45) is 1.12. The fraction of sp³-hybridized carbons (Fsp3) is 0.300. The van der Waals surface area contributed by atoms with Crippen molar-refractivity contribution in [3.8, 4) is 11.1 Å². The minimum atomic E-state index is -0.441. The molecule has 6 heteroatoms. The van der Waals surface area contributed by atoms with E-state index in [0.717, 1.165) is 24.0 Å². The van der Waals surface area contributed by atoms with Crippen LogP contribution in [0.15, 0.2) is 42.5 Å². The van der Waals surface area contributed by atoms with Crippen LogP contribution >= 0.6 is 11.6 Å². The molecule has 2 N–H and O–H groups in total. The van der Waals surface area contributed by atoms with Crippen LogP contribution in [0.25, 0.3) is 11.1 Å². The normalized spacial score (nSPS) is 17.0. The molecule has 5 nitrogen and oxygen atoms in total. The number of aliphatic hydroxyl groups excluding tert-OH is 1. The maximum atomic E-state index is 12.6. The van der Waals surface area contributed by atoms with Crippen molar-refractivity contribution in [2.24, 2.45) is 0 Å². The number of piperidine rings is 1. The Kier molecular flexibility index (Phi) is 5.59. The molecule has 0 aromatic heterocycles. The molecular formula is C20H21ClN2O3. The highest BCUT2D eigenvalue weighted by molar-refractivity contribution is 6.34.